The lowest BCUT2D eigenvalue weighted by molar-refractivity contribution is 0.143. The minimum atomic E-state index is 0. The van der Waals surface area contributed by atoms with Crippen LogP contribution in [-0.4, -0.2) is 50.9 Å². The predicted octanol–water partition coefficient (Wildman–Crippen LogP) is 4.14. The zero-order valence-corrected chi connectivity index (χ0v) is 21.7. The maximum absolute atomic E-state index is 5.51. The fourth-order valence-electron chi connectivity index (χ4n) is 3.56. The highest BCUT2D eigenvalue weighted by Gasteiger charge is 2.14. The molecule has 8 heteroatoms. The molecule has 1 aromatic carbocycles. The van der Waals surface area contributed by atoms with E-state index in [1.54, 1.807) is 13.3 Å². The molecule has 0 saturated carbocycles. The Morgan fingerprint density at radius 1 is 1.19 bits per heavy atom. The molecule has 1 aromatic heterocycles. The standard InChI is InChI=1S/C24H35N5O2.HI/c1-4-25-24(27-18-20-10-11-23(26-17-20)31-15-14-30-3)28-19(2)21-8-7-9-22(16-21)29-12-5-6-13-29;/h7-11,16-17,19H,4-6,12-15,18H2,1-3H3,(H2,25,27,28);1H. The quantitative estimate of drug-likeness (QED) is 0.200. The first-order valence-electron chi connectivity index (χ1n) is 11.2. The minimum Gasteiger partial charge on any atom is -0.475 e. The molecule has 1 aliphatic heterocycles. The van der Waals surface area contributed by atoms with Gasteiger partial charge >= 0.3 is 0 Å². The summed E-state index contributed by atoms with van der Waals surface area (Å²) in [5, 5.41) is 6.87. The van der Waals surface area contributed by atoms with E-state index in [2.05, 4.69) is 58.6 Å². The Morgan fingerprint density at radius 3 is 2.69 bits per heavy atom. The topological polar surface area (TPSA) is 71.0 Å². The van der Waals surface area contributed by atoms with Gasteiger partial charge in [-0.25, -0.2) is 9.98 Å². The Morgan fingerprint density at radius 2 is 2.00 bits per heavy atom. The monoisotopic (exact) mass is 553 g/mol. The fourth-order valence-corrected chi connectivity index (χ4v) is 3.56. The molecule has 0 spiro atoms. The van der Waals surface area contributed by atoms with Crippen molar-refractivity contribution < 1.29 is 9.47 Å². The first kappa shape index (κ1) is 26.2. The Hall–Kier alpha value is -2.07. The Labute approximate surface area is 209 Å². The van der Waals surface area contributed by atoms with Crippen LogP contribution >= 0.6 is 24.0 Å². The van der Waals surface area contributed by atoms with Crippen LogP contribution in [0, 0.1) is 0 Å². The van der Waals surface area contributed by atoms with E-state index < -0.39 is 0 Å². The van der Waals surface area contributed by atoms with Crippen molar-refractivity contribution in [2.45, 2.75) is 39.3 Å². The Bertz CT molecular complexity index is 825. The van der Waals surface area contributed by atoms with E-state index in [0.29, 0.717) is 25.6 Å². The number of rotatable bonds is 10. The number of halogens is 1. The van der Waals surface area contributed by atoms with Crippen molar-refractivity contribution in [1.29, 1.82) is 0 Å². The molecule has 3 rings (SSSR count). The molecule has 7 nitrogen and oxygen atoms in total. The number of nitrogens with one attached hydrogen (secondary N) is 2. The first-order chi connectivity index (χ1) is 15.2. The Balaban J connectivity index is 0.00000363. The van der Waals surface area contributed by atoms with Crippen molar-refractivity contribution >= 4 is 35.6 Å². The number of anilines is 1. The van der Waals surface area contributed by atoms with Crippen LogP contribution in [0.2, 0.25) is 0 Å². The summed E-state index contributed by atoms with van der Waals surface area (Å²) >= 11 is 0. The number of hydrogen-bond acceptors (Lipinski definition) is 5. The molecule has 1 saturated heterocycles. The normalized spacial score (nSPS) is 14.6. The summed E-state index contributed by atoms with van der Waals surface area (Å²) in [6.07, 6.45) is 4.37. The van der Waals surface area contributed by atoms with E-state index in [9.17, 15) is 0 Å². The lowest BCUT2D eigenvalue weighted by atomic mass is 10.1. The first-order valence-corrected chi connectivity index (χ1v) is 11.2. The van der Waals surface area contributed by atoms with Gasteiger partial charge in [-0.05, 0) is 49.9 Å². The van der Waals surface area contributed by atoms with Crippen molar-refractivity contribution in [3.05, 3.63) is 53.7 Å². The van der Waals surface area contributed by atoms with E-state index in [4.69, 9.17) is 14.5 Å². The van der Waals surface area contributed by atoms with Gasteiger partial charge < -0.3 is 25.0 Å². The lowest BCUT2D eigenvalue weighted by Gasteiger charge is -2.22. The molecule has 2 aromatic rings. The number of benzene rings is 1. The predicted molar refractivity (Wildman–Crippen MR) is 141 cm³/mol. The molecular weight excluding hydrogens is 517 g/mol. The molecule has 176 valence electrons. The second-order valence-electron chi connectivity index (χ2n) is 7.70. The molecule has 2 N–H and O–H groups in total. The molecule has 1 fully saturated rings. The number of aromatic nitrogens is 1. The third-order valence-corrected chi connectivity index (χ3v) is 5.29. The van der Waals surface area contributed by atoms with Crippen molar-refractivity contribution in [3.63, 3.8) is 0 Å². The zero-order chi connectivity index (χ0) is 21.9. The number of methoxy groups -OCH3 is 1. The highest BCUT2D eigenvalue weighted by Crippen LogP contribution is 2.24. The van der Waals surface area contributed by atoms with Crippen LogP contribution in [0.4, 0.5) is 5.69 Å². The van der Waals surface area contributed by atoms with Crippen LogP contribution in [0.25, 0.3) is 0 Å². The summed E-state index contributed by atoms with van der Waals surface area (Å²) in [6, 6.07) is 12.8. The number of ether oxygens (including phenoxy) is 2. The third kappa shape index (κ3) is 8.12. The van der Waals surface area contributed by atoms with E-state index in [1.165, 1.54) is 24.1 Å². The number of nitrogens with zero attached hydrogens (tertiary/aromatic N) is 3. The number of guanidine groups is 1. The molecule has 1 atom stereocenters. The Kier molecular flexibility index (Phi) is 11.6. The van der Waals surface area contributed by atoms with E-state index in [1.807, 2.05) is 12.1 Å². The number of aliphatic imine (C=N–C) groups is 1. The second-order valence-corrected chi connectivity index (χ2v) is 7.70. The van der Waals surface area contributed by atoms with Gasteiger partial charge in [-0.3, -0.25) is 0 Å². The molecule has 0 radical (unpaired) electrons. The highest BCUT2D eigenvalue weighted by atomic mass is 127. The van der Waals surface area contributed by atoms with Crippen LogP contribution in [0.5, 0.6) is 5.88 Å². The van der Waals surface area contributed by atoms with E-state index in [-0.39, 0.29) is 30.0 Å². The van der Waals surface area contributed by atoms with Gasteiger partial charge in [0, 0.05) is 44.7 Å². The maximum atomic E-state index is 5.51. The molecule has 32 heavy (non-hydrogen) atoms. The molecule has 2 heterocycles. The fraction of sp³-hybridized carbons (Fsp3) is 0.500. The summed E-state index contributed by atoms with van der Waals surface area (Å²) in [7, 11) is 1.65. The molecule has 1 unspecified atom stereocenters. The maximum Gasteiger partial charge on any atom is 0.213 e. The number of pyridine rings is 1. The summed E-state index contributed by atoms with van der Waals surface area (Å²) in [5.41, 5.74) is 3.60. The molecular formula is C24H36IN5O2. The SMILES string of the molecule is CCNC(=NCc1ccc(OCCOC)nc1)NC(C)c1cccc(N2CCCC2)c1.I. The smallest absolute Gasteiger partial charge is 0.213 e. The van der Waals surface area contributed by atoms with Crippen molar-refractivity contribution in [2.24, 2.45) is 4.99 Å². The van der Waals surface area contributed by atoms with Gasteiger partial charge in [-0.1, -0.05) is 18.2 Å². The molecule has 0 amide bonds. The van der Waals surface area contributed by atoms with Crippen LogP contribution in [-0.2, 0) is 11.3 Å². The molecule has 0 bridgehead atoms. The second kappa shape index (κ2) is 14.2. The van der Waals surface area contributed by atoms with Gasteiger partial charge in [0.25, 0.3) is 0 Å². The van der Waals surface area contributed by atoms with E-state index >= 15 is 0 Å². The summed E-state index contributed by atoms with van der Waals surface area (Å²) < 4.78 is 10.5. The average Bonchev–Trinajstić information content (AvgIpc) is 3.34. The summed E-state index contributed by atoms with van der Waals surface area (Å²) in [4.78, 5) is 11.5. The van der Waals surface area contributed by atoms with Crippen LogP contribution < -0.4 is 20.3 Å². The van der Waals surface area contributed by atoms with Crippen LogP contribution in [0.15, 0.2) is 47.6 Å². The van der Waals surface area contributed by atoms with Gasteiger partial charge in [0.1, 0.15) is 6.61 Å². The van der Waals surface area contributed by atoms with Gasteiger partial charge in [0.2, 0.25) is 5.88 Å². The third-order valence-electron chi connectivity index (χ3n) is 5.29. The van der Waals surface area contributed by atoms with E-state index in [0.717, 1.165) is 31.2 Å². The van der Waals surface area contributed by atoms with Crippen molar-refractivity contribution in [2.75, 3.05) is 44.9 Å². The molecule has 1 aliphatic rings. The van der Waals surface area contributed by atoms with Crippen LogP contribution in [0.1, 0.15) is 43.9 Å². The average molecular weight is 553 g/mol. The van der Waals surface area contributed by atoms with Gasteiger partial charge in [0.05, 0.1) is 19.2 Å². The summed E-state index contributed by atoms with van der Waals surface area (Å²) in [5.74, 6) is 1.39. The van der Waals surface area contributed by atoms with Gasteiger partial charge in [0.15, 0.2) is 5.96 Å². The minimum absolute atomic E-state index is 0. The zero-order valence-electron chi connectivity index (χ0n) is 19.3. The van der Waals surface area contributed by atoms with Crippen LogP contribution in [0.3, 0.4) is 0 Å². The lowest BCUT2D eigenvalue weighted by Crippen LogP contribution is -2.38. The van der Waals surface area contributed by atoms with Gasteiger partial charge in [-0.15, -0.1) is 24.0 Å². The van der Waals surface area contributed by atoms with Gasteiger partial charge in [-0.2, -0.15) is 0 Å². The largest absolute Gasteiger partial charge is 0.475 e. The highest BCUT2D eigenvalue weighted by molar-refractivity contribution is 14.0. The summed E-state index contributed by atoms with van der Waals surface area (Å²) in [6.45, 7) is 8.93. The van der Waals surface area contributed by atoms with Crippen molar-refractivity contribution in [3.8, 4) is 5.88 Å². The number of hydrogen-bond donors (Lipinski definition) is 2. The molecule has 0 aliphatic carbocycles. The van der Waals surface area contributed by atoms with Crippen molar-refractivity contribution in [1.82, 2.24) is 15.6 Å².